The third-order valence-electron chi connectivity index (χ3n) is 2.42. The van der Waals surface area contributed by atoms with Crippen molar-refractivity contribution in [1.29, 1.82) is 0 Å². The van der Waals surface area contributed by atoms with E-state index in [0.29, 0.717) is 5.69 Å². The number of aliphatic carboxylic acids is 2. The number of hydrogen-bond acceptors (Lipinski definition) is 4. The largest absolute Gasteiger partial charge is 0.481 e. The molecule has 0 aliphatic rings. The number of anilines is 1. The number of nitrogen functional groups attached to an aromatic ring is 1. The minimum Gasteiger partial charge on any atom is -0.481 e. The molecule has 0 spiro atoms. The fourth-order valence-electron chi connectivity index (χ4n) is 1.40. The van der Waals surface area contributed by atoms with Crippen LogP contribution < -0.4 is 11.1 Å². The van der Waals surface area contributed by atoms with E-state index in [1.807, 2.05) is 0 Å². The minimum absolute atomic E-state index is 0. The highest BCUT2D eigenvalue weighted by Crippen LogP contribution is 2.06. The van der Waals surface area contributed by atoms with Crippen LogP contribution in [0.2, 0.25) is 0 Å². The van der Waals surface area contributed by atoms with Crippen LogP contribution in [0.15, 0.2) is 24.3 Å². The molecule has 0 fully saturated rings. The molecule has 7 nitrogen and oxygen atoms in total. The summed E-state index contributed by atoms with van der Waals surface area (Å²) in [5.74, 6) is -2.98. The van der Waals surface area contributed by atoms with Crippen LogP contribution in [0.5, 0.6) is 0 Å². The summed E-state index contributed by atoms with van der Waals surface area (Å²) in [5.41, 5.74) is 6.21. The molecule has 1 aromatic carbocycles. The Morgan fingerprint density at radius 1 is 1.15 bits per heavy atom. The number of amides is 1. The van der Waals surface area contributed by atoms with Gasteiger partial charge in [-0.1, -0.05) is 0 Å². The van der Waals surface area contributed by atoms with Crippen molar-refractivity contribution in [2.24, 2.45) is 0 Å². The molecule has 110 valence electrons. The van der Waals surface area contributed by atoms with Gasteiger partial charge in [-0.25, -0.2) is 4.79 Å². The number of carboxylic acid groups (broad SMARTS) is 2. The Bertz CT molecular complexity index is 489. The molecule has 1 aromatic rings. The first kappa shape index (κ1) is 17.7. The fraction of sp³-hybridized carbons (Fsp3) is 0.250. The number of nitrogens with one attached hydrogen (secondary N) is 1. The lowest BCUT2D eigenvalue weighted by Gasteiger charge is -2.13. The molecule has 1 rings (SSSR count). The lowest BCUT2D eigenvalue weighted by Crippen LogP contribution is -2.41. The number of nitrogens with two attached hydrogens (primary N) is 1. The van der Waals surface area contributed by atoms with E-state index >= 15 is 0 Å². The van der Waals surface area contributed by atoms with Crippen LogP contribution in [-0.4, -0.2) is 34.1 Å². The van der Waals surface area contributed by atoms with Crippen molar-refractivity contribution in [3.63, 3.8) is 0 Å². The smallest absolute Gasteiger partial charge is 0.326 e. The van der Waals surface area contributed by atoms with E-state index in [-0.39, 0.29) is 30.8 Å². The first-order valence-electron chi connectivity index (χ1n) is 5.51. The fourth-order valence-corrected chi connectivity index (χ4v) is 1.40. The van der Waals surface area contributed by atoms with Gasteiger partial charge >= 0.3 is 11.9 Å². The first-order valence-corrected chi connectivity index (χ1v) is 5.51. The predicted molar refractivity (Wildman–Crippen MR) is 73.9 cm³/mol. The minimum atomic E-state index is -1.27. The Balaban J connectivity index is 0.00000361. The van der Waals surface area contributed by atoms with E-state index in [9.17, 15) is 14.4 Å². The molecule has 5 N–H and O–H groups in total. The van der Waals surface area contributed by atoms with Crippen LogP contribution in [0, 0.1) is 0 Å². The SMILES string of the molecule is Cl.Nc1ccc(C(=O)N[C@@H](CCC(=O)O)C(=O)O)cc1. The summed E-state index contributed by atoms with van der Waals surface area (Å²) < 4.78 is 0. The molecule has 0 aromatic heterocycles. The van der Waals surface area contributed by atoms with Crippen molar-refractivity contribution in [2.45, 2.75) is 18.9 Å². The van der Waals surface area contributed by atoms with E-state index in [0.717, 1.165) is 0 Å². The quantitative estimate of drug-likeness (QED) is 0.573. The van der Waals surface area contributed by atoms with Crippen molar-refractivity contribution in [3.8, 4) is 0 Å². The van der Waals surface area contributed by atoms with E-state index in [1.54, 1.807) is 0 Å². The van der Waals surface area contributed by atoms with E-state index in [2.05, 4.69) is 5.32 Å². The zero-order valence-corrected chi connectivity index (χ0v) is 11.2. The highest BCUT2D eigenvalue weighted by Gasteiger charge is 2.21. The van der Waals surface area contributed by atoms with Crippen molar-refractivity contribution in [3.05, 3.63) is 29.8 Å². The molecular formula is C12H15ClN2O5. The van der Waals surface area contributed by atoms with Crippen LogP contribution in [0.25, 0.3) is 0 Å². The molecule has 0 saturated heterocycles. The average molecular weight is 303 g/mol. The van der Waals surface area contributed by atoms with Gasteiger partial charge in [-0.2, -0.15) is 0 Å². The Hall–Kier alpha value is -2.28. The summed E-state index contributed by atoms with van der Waals surface area (Å²) in [6.45, 7) is 0. The second-order valence-electron chi connectivity index (χ2n) is 3.92. The van der Waals surface area contributed by atoms with Gasteiger partial charge in [0.2, 0.25) is 0 Å². The van der Waals surface area contributed by atoms with E-state index in [4.69, 9.17) is 15.9 Å². The molecule has 0 unspecified atom stereocenters. The van der Waals surface area contributed by atoms with Crippen molar-refractivity contribution in [1.82, 2.24) is 5.32 Å². The Morgan fingerprint density at radius 3 is 2.15 bits per heavy atom. The highest BCUT2D eigenvalue weighted by molar-refractivity contribution is 5.96. The summed E-state index contributed by atoms with van der Waals surface area (Å²) in [6.07, 6.45) is -0.510. The van der Waals surface area contributed by atoms with Crippen molar-refractivity contribution >= 4 is 35.9 Å². The monoisotopic (exact) mass is 302 g/mol. The maximum atomic E-state index is 11.8. The number of benzene rings is 1. The lowest BCUT2D eigenvalue weighted by molar-refractivity contribution is -0.140. The molecule has 8 heteroatoms. The zero-order valence-electron chi connectivity index (χ0n) is 10.4. The van der Waals surface area contributed by atoms with Crippen molar-refractivity contribution in [2.75, 3.05) is 5.73 Å². The normalized spacial score (nSPS) is 11.0. The van der Waals surface area contributed by atoms with Crippen LogP contribution >= 0.6 is 12.4 Å². The Kier molecular flexibility index (Phi) is 7.09. The molecule has 0 bridgehead atoms. The summed E-state index contributed by atoms with van der Waals surface area (Å²) in [6, 6.07) is 4.71. The topological polar surface area (TPSA) is 130 Å². The van der Waals surface area contributed by atoms with Gasteiger partial charge in [-0.05, 0) is 30.7 Å². The molecule has 0 aliphatic heterocycles. The van der Waals surface area contributed by atoms with E-state index < -0.39 is 23.9 Å². The first-order chi connectivity index (χ1) is 8.90. The predicted octanol–water partition coefficient (Wildman–Crippen LogP) is 0.738. The van der Waals surface area contributed by atoms with Gasteiger partial charge in [0, 0.05) is 17.7 Å². The maximum Gasteiger partial charge on any atom is 0.326 e. The van der Waals surface area contributed by atoms with Crippen LogP contribution in [0.4, 0.5) is 5.69 Å². The lowest BCUT2D eigenvalue weighted by atomic mass is 10.1. The zero-order chi connectivity index (χ0) is 14.4. The van der Waals surface area contributed by atoms with Crippen LogP contribution in [0.1, 0.15) is 23.2 Å². The Labute approximate surface area is 121 Å². The van der Waals surface area contributed by atoms with Crippen molar-refractivity contribution < 1.29 is 24.6 Å². The van der Waals surface area contributed by atoms with E-state index in [1.165, 1.54) is 24.3 Å². The number of hydrogen-bond donors (Lipinski definition) is 4. The van der Waals surface area contributed by atoms with Gasteiger partial charge in [-0.15, -0.1) is 12.4 Å². The van der Waals surface area contributed by atoms with Gasteiger partial charge in [0.05, 0.1) is 0 Å². The summed E-state index contributed by atoms with van der Waals surface area (Å²) >= 11 is 0. The molecule has 1 amide bonds. The second kappa shape index (κ2) is 8.00. The second-order valence-corrected chi connectivity index (χ2v) is 3.92. The summed E-state index contributed by atoms with van der Waals surface area (Å²) in [5, 5.41) is 19.7. The molecule has 0 radical (unpaired) electrons. The molecule has 0 aliphatic carbocycles. The van der Waals surface area contributed by atoms with Crippen LogP contribution in [0.3, 0.4) is 0 Å². The molecule has 20 heavy (non-hydrogen) atoms. The standard InChI is InChI=1S/C12H14N2O5.ClH/c13-8-3-1-7(2-4-8)11(17)14-9(12(18)19)5-6-10(15)16;/h1-4,9H,5-6,13H2,(H,14,17)(H,15,16)(H,18,19);1H/t9-;/m0./s1. The summed E-state index contributed by atoms with van der Waals surface area (Å²) in [7, 11) is 0. The van der Waals surface area contributed by atoms with Gasteiger partial charge in [-0.3, -0.25) is 9.59 Å². The number of rotatable bonds is 6. The number of carbonyl (C=O) groups is 3. The number of carbonyl (C=O) groups excluding carboxylic acids is 1. The van der Waals surface area contributed by atoms with Crippen LogP contribution in [-0.2, 0) is 9.59 Å². The van der Waals surface area contributed by atoms with Gasteiger partial charge in [0.25, 0.3) is 5.91 Å². The number of carboxylic acids is 2. The molecular weight excluding hydrogens is 288 g/mol. The molecule has 0 saturated carbocycles. The maximum absolute atomic E-state index is 11.8. The molecule has 1 atom stereocenters. The average Bonchev–Trinajstić information content (AvgIpc) is 2.34. The Morgan fingerprint density at radius 2 is 1.70 bits per heavy atom. The number of halogens is 1. The van der Waals surface area contributed by atoms with Gasteiger partial charge in [0.1, 0.15) is 6.04 Å². The van der Waals surface area contributed by atoms with Gasteiger partial charge in [0.15, 0.2) is 0 Å². The third kappa shape index (κ3) is 5.57. The molecule has 0 heterocycles. The third-order valence-corrected chi connectivity index (χ3v) is 2.42. The summed E-state index contributed by atoms with van der Waals surface area (Å²) in [4.78, 5) is 33.1. The highest BCUT2D eigenvalue weighted by atomic mass is 35.5. The van der Waals surface area contributed by atoms with Gasteiger partial charge < -0.3 is 21.3 Å².